The maximum atomic E-state index is 11.3. The molecule has 0 saturated carbocycles. The molecule has 19 heavy (non-hydrogen) atoms. The van der Waals surface area contributed by atoms with Crippen molar-refractivity contribution in [1.82, 2.24) is 19.9 Å². The molecule has 0 radical (unpaired) electrons. The van der Waals surface area contributed by atoms with E-state index in [0.29, 0.717) is 24.0 Å². The highest BCUT2D eigenvalue weighted by molar-refractivity contribution is 5.39. The van der Waals surface area contributed by atoms with E-state index in [0.717, 1.165) is 12.4 Å². The van der Waals surface area contributed by atoms with Gasteiger partial charge in [-0.05, 0) is 19.9 Å². The second-order valence-corrected chi connectivity index (χ2v) is 3.98. The van der Waals surface area contributed by atoms with Gasteiger partial charge >= 0.3 is 0 Å². The number of H-pyrrole nitrogens is 1. The summed E-state index contributed by atoms with van der Waals surface area (Å²) >= 11 is 0. The molecule has 7 heteroatoms. The van der Waals surface area contributed by atoms with Crippen LogP contribution in [0.1, 0.15) is 18.4 Å². The van der Waals surface area contributed by atoms with Crippen molar-refractivity contribution in [1.29, 1.82) is 0 Å². The lowest BCUT2D eigenvalue weighted by Crippen LogP contribution is -2.15. The van der Waals surface area contributed by atoms with E-state index in [1.807, 2.05) is 6.92 Å². The number of nitrogens with one attached hydrogen (secondary N) is 3. The molecule has 0 unspecified atom stereocenters. The Morgan fingerprint density at radius 2 is 2.16 bits per heavy atom. The standard InChI is InChI=1S/C12H16N6O/c1-3-13-9-4-5-14-12(18-9)15-7-10-16-8(2)6-11(19)17-10/h4-6H,3,7H2,1-2H3,(H,16,17,19)(H2,13,14,15,18). The van der Waals surface area contributed by atoms with Crippen LogP contribution in [0.5, 0.6) is 0 Å². The number of rotatable bonds is 5. The number of aromatic nitrogens is 4. The Bertz CT molecular complexity index is 609. The van der Waals surface area contributed by atoms with E-state index in [-0.39, 0.29) is 5.56 Å². The van der Waals surface area contributed by atoms with Gasteiger partial charge in [-0.1, -0.05) is 0 Å². The predicted octanol–water partition coefficient (Wildman–Crippen LogP) is 0.912. The summed E-state index contributed by atoms with van der Waals surface area (Å²) in [6.45, 7) is 4.94. The molecular weight excluding hydrogens is 244 g/mol. The fraction of sp³-hybridized carbons (Fsp3) is 0.333. The molecule has 0 fully saturated rings. The van der Waals surface area contributed by atoms with E-state index in [1.54, 1.807) is 19.2 Å². The van der Waals surface area contributed by atoms with E-state index in [2.05, 4.69) is 30.6 Å². The Balaban J connectivity index is 2.05. The van der Waals surface area contributed by atoms with Crippen LogP contribution in [0.2, 0.25) is 0 Å². The van der Waals surface area contributed by atoms with Crippen molar-refractivity contribution in [3.63, 3.8) is 0 Å². The SMILES string of the molecule is CCNc1ccnc(NCc2nc(C)cc(=O)[nH]2)n1. The minimum atomic E-state index is -0.161. The summed E-state index contributed by atoms with van der Waals surface area (Å²) in [5, 5.41) is 6.12. The molecule has 0 aliphatic rings. The Morgan fingerprint density at radius 3 is 2.89 bits per heavy atom. The normalized spacial score (nSPS) is 10.2. The maximum Gasteiger partial charge on any atom is 0.251 e. The second kappa shape index (κ2) is 5.94. The predicted molar refractivity (Wildman–Crippen MR) is 73.1 cm³/mol. The van der Waals surface area contributed by atoms with Gasteiger partial charge in [-0.3, -0.25) is 4.79 Å². The molecule has 2 aromatic rings. The lowest BCUT2D eigenvalue weighted by Gasteiger charge is -2.06. The van der Waals surface area contributed by atoms with Crippen LogP contribution in [0.15, 0.2) is 23.1 Å². The lowest BCUT2D eigenvalue weighted by molar-refractivity contribution is 0.893. The number of aryl methyl sites for hydroxylation is 1. The van der Waals surface area contributed by atoms with Gasteiger partial charge in [0, 0.05) is 24.5 Å². The summed E-state index contributed by atoms with van der Waals surface area (Å²) < 4.78 is 0. The number of nitrogens with zero attached hydrogens (tertiary/aromatic N) is 3. The zero-order valence-electron chi connectivity index (χ0n) is 10.9. The van der Waals surface area contributed by atoms with Crippen molar-refractivity contribution in [3.8, 4) is 0 Å². The molecule has 100 valence electrons. The van der Waals surface area contributed by atoms with Gasteiger partial charge in [-0.2, -0.15) is 4.98 Å². The van der Waals surface area contributed by atoms with E-state index in [4.69, 9.17) is 0 Å². The third-order valence-electron chi connectivity index (χ3n) is 2.35. The first kappa shape index (κ1) is 13.0. The number of anilines is 2. The van der Waals surface area contributed by atoms with Gasteiger partial charge in [0.25, 0.3) is 5.56 Å². The van der Waals surface area contributed by atoms with Gasteiger partial charge in [-0.15, -0.1) is 0 Å². The highest BCUT2D eigenvalue weighted by atomic mass is 16.1. The zero-order chi connectivity index (χ0) is 13.7. The van der Waals surface area contributed by atoms with Crippen LogP contribution in [0.3, 0.4) is 0 Å². The monoisotopic (exact) mass is 260 g/mol. The van der Waals surface area contributed by atoms with Crippen molar-refractivity contribution >= 4 is 11.8 Å². The minimum Gasteiger partial charge on any atom is -0.370 e. The quantitative estimate of drug-likeness (QED) is 0.739. The van der Waals surface area contributed by atoms with Gasteiger partial charge in [0.2, 0.25) is 5.95 Å². The van der Waals surface area contributed by atoms with Crippen molar-refractivity contribution in [2.45, 2.75) is 20.4 Å². The van der Waals surface area contributed by atoms with Gasteiger partial charge in [0.15, 0.2) is 0 Å². The first-order valence-corrected chi connectivity index (χ1v) is 6.05. The Hall–Kier alpha value is -2.44. The van der Waals surface area contributed by atoms with Crippen LogP contribution in [0.4, 0.5) is 11.8 Å². The van der Waals surface area contributed by atoms with Crippen LogP contribution >= 0.6 is 0 Å². The fourth-order valence-electron chi connectivity index (χ4n) is 1.61. The summed E-state index contributed by atoms with van der Waals surface area (Å²) in [5.41, 5.74) is 0.523. The van der Waals surface area contributed by atoms with Crippen LogP contribution in [-0.4, -0.2) is 26.5 Å². The van der Waals surface area contributed by atoms with Crippen LogP contribution in [0.25, 0.3) is 0 Å². The third kappa shape index (κ3) is 3.77. The molecule has 0 spiro atoms. The van der Waals surface area contributed by atoms with Crippen molar-refractivity contribution in [3.05, 3.63) is 40.2 Å². The molecule has 0 saturated heterocycles. The van der Waals surface area contributed by atoms with Crippen LogP contribution in [0, 0.1) is 6.92 Å². The van der Waals surface area contributed by atoms with E-state index >= 15 is 0 Å². The third-order valence-corrected chi connectivity index (χ3v) is 2.35. The molecule has 2 rings (SSSR count). The van der Waals surface area contributed by atoms with Gasteiger partial charge in [0.1, 0.15) is 11.6 Å². The van der Waals surface area contributed by atoms with E-state index < -0.39 is 0 Å². The Kier molecular flexibility index (Phi) is 4.07. The average molecular weight is 260 g/mol. The summed E-state index contributed by atoms with van der Waals surface area (Å²) in [4.78, 5) is 26.5. The number of hydrogen-bond acceptors (Lipinski definition) is 6. The molecule has 2 heterocycles. The van der Waals surface area contributed by atoms with Gasteiger partial charge in [0.05, 0.1) is 6.54 Å². The Labute approximate surface area is 110 Å². The van der Waals surface area contributed by atoms with Crippen molar-refractivity contribution in [2.75, 3.05) is 17.2 Å². The molecular formula is C12H16N6O. The Morgan fingerprint density at radius 1 is 1.32 bits per heavy atom. The molecule has 0 aliphatic heterocycles. The molecule has 0 amide bonds. The van der Waals surface area contributed by atoms with Crippen molar-refractivity contribution in [2.24, 2.45) is 0 Å². The van der Waals surface area contributed by atoms with Gasteiger partial charge in [-0.25, -0.2) is 9.97 Å². The smallest absolute Gasteiger partial charge is 0.251 e. The largest absolute Gasteiger partial charge is 0.370 e. The number of aromatic amines is 1. The molecule has 0 aromatic carbocycles. The highest BCUT2D eigenvalue weighted by Crippen LogP contribution is 2.05. The summed E-state index contributed by atoms with van der Waals surface area (Å²) in [6.07, 6.45) is 1.67. The summed E-state index contributed by atoms with van der Waals surface area (Å²) in [7, 11) is 0. The second-order valence-electron chi connectivity index (χ2n) is 3.98. The topological polar surface area (TPSA) is 95.6 Å². The zero-order valence-corrected chi connectivity index (χ0v) is 10.9. The van der Waals surface area contributed by atoms with E-state index in [9.17, 15) is 4.79 Å². The maximum absolute atomic E-state index is 11.3. The first-order valence-electron chi connectivity index (χ1n) is 6.05. The number of hydrogen-bond donors (Lipinski definition) is 3. The van der Waals surface area contributed by atoms with Crippen LogP contribution < -0.4 is 16.2 Å². The summed E-state index contributed by atoms with van der Waals surface area (Å²) in [5.74, 6) is 1.80. The van der Waals surface area contributed by atoms with Crippen molar-refractivity contribution < 1.29 is 0 Å². The van der Waals surface area contributed by atoms with Crippen LogP contribution in [-0.2, 0) is 6.54 Å². The fourth-order valence-corrected chi connectivity index (χ4v) is 1.61. The average Bonchev–Trinajstić information content (AvgIpc) is 2.36. The first-order chi connectivity index (χ1) is 9.17. The van der Waals surface area contributed by atoms with Gasteiger partial charge < -0.3 is 15.6 Å². The summed E-state index contributed by atoms with van der Waals surface area (Å²) in [6, 6.07) is 3.24. The molecule has 0 atom stereocenters. The molecule has 0 aliphatic carbocycles. The minimum absolute atomic E-state index is 0.161. The lowest BCUT2D eigenvalue weighted by atomic mass is 10.4. The molecule has 7 nitrogen and oxygen atoms in total. The highest BCUT2D eigenvalue weighted by Gasteiger charge is 2.01. The molecule has 3 N–H and O–H groups in total. The van der Waals surface area contributed by atoms with E-state index in [1.165, 1.54) is 6.07 Å². The molecule has 2 aromatic heterocycles. The molecule has 0 bridgehead atoms.